The zero-order valence-corrected chi connectivity index (χ0v) is 39.8. The molecular formula is C65H51N3S. The minimum atomic E-state index is 1.18. The summed E-state index contributed by atoms with van der Waals surface area (Å²) in [7, 11) is 2.13. The van der Waals surface area contributed by atoms with Crippen LogP contribution in [-0.2, 0) is 0 Å². The molecule has 0 radical (unpaired) electrons. The van der Waals surface area contributed by atoms with Gasteiger partial charge in [-0.05, 0) is 121 Å². The van der Waals surface area contributed by atoms with Gasteiger partial charge in [0.1, 0.15) is 0 Å². The van der Waals surface area contributed by atoms with Crippen molar-refractivity contribution in [3.05, 3.63) is 255 Å². The molecule has 69 heavy (non-hydrogen) atoms. The van der Waals surface area contributed by atoms with Gasteiger partial charge in [0.15, 0.2) is 0 Å². The van der Waals surface area contributed by atoms with Crippen molar-refractivity contribution >= 4 is 86.5 Å². The fraction of sp³-hybridized carbons (Fsp3) is 0.0462. The Morgan fingerprint density at radius 2 is 0.841 bits per heavy atom. The number of hydrogen-bond donors (Lipinski definition) is 0. The first-order valence-corrected chi connectivity index (χ1v) is 24.5. The van der Waals surface area contributed by atoms with Gasteiger partial charge < -0.3 is 14.0 Å². The number of thiophene rings is 1. The van der Waals surface area contributed by atoms with Gasteiger partial charge in [0.25, 0.3) is 0 Å². The van der Waals surface area contributed by atoms with Gasteiger partial charge in [0.05, 0.1) is 22.1 Å². The van der Waals surface area contributed by atoms with E-state index in [-0.39, 0.29) is 0 Å². The third-order valence-electron chi connectivity index (χ3n) is 13.2. The molecule has 0 amide bonds. The molecule has 0 N–H and O–H groups in total. The van der Waals surface area contributed by atoms with Crippen molar-refractivity contribution in [2.45, 2.75) is 13.8 Å². The molecule has 0 saturated carbocycles. The Bertz CT molecular complexity index is 3910. The number of hydrogen-bond acceptors (Lipinski definition) is 2. The summed E-state index contributed by atoms with van der Waals surface area (Å²) >= 11 is 1.86. The highest BCUT2D eigenvalue weighted by atomic mass is 32.1. The van der Waals surface area contributed by atoms with Crippen LogP contribution in [0.15, 0.2) is 255 Å². The molecule has 0 saturated heterocycles. The van der Waals surface area contributed by atoms with E-state index in [9.17, 15) is 0 Å². The highest BCUT2D eigenvalue weighted by molar-refractivity contribution is 7.25. The average Bonchev–Trinajstić information content (AvgIpc) is 4.09. The number of nitrogens with zero attached hydrogens (tertiary/aromatic N) is 3. The van der Waals surface area contributed by atoms with E-state index >= 15 is 0 Å². The summed E-state index contributed by atoms with van der Waals surface area (Å²) in [5.74, 6) is 0. The molecule has 0 bridgehead atoms. The summed E-state index contributed by atoms with van der Waals surface area (Å²) < 4.78 is 7.46. The third-order valence-corrected chi connectivity index (χ3v) is 14.3. The number of fused-ring (bicyclic) bond motifs is 9. The molecule has 0 aliphatic rings. The lowest BCUT2D eigenvalue weighted by Gasteiger charge is -2.20. The molecule has 3 aromatic heterocycles. The van der Waals surface area contributed by atoms with Gasteiger partial charge in [0, 0.05) is 71.5 Å². The van der Waals surface area contributed by atoms with E-state index < -0.39 is 0 Å². The maximum absolute atomic E-state index is 2.39. The van der Waals surface area contributed by atoms with Gasteiger partial charge in [-0.25, -0.2) is 0 Å². The van der Waals surface area contributed by atoms with E-state index in [4.69, 9.17) is 0 Å². The van der Waals surface area contributed by atoms with Gasteiger partial charge in [-0.1, -0.05) is 170 Å². The van der Waals surface area contributed by atoms with Crippen LogP contribution in [0.5, 0.6) is 0 Å². The fourth-order valence-corrected chi connectivity index (χ4v) is 10.8. The molecule has 3 nitrogen and oxygen atoms in total. The predicted octanol–water partition coefficient (Wildman–Crippen LogP) is 18.6. The maximum Gasteiger partial charge on any atom is 0.0547 e. The smallest absolute Gasteiger partial charge is 0.0547 e. The summed E-state index contributed by atoms with van der Waals surface area (Å²) in [4.78, 5) is 2.25. The second-order valence-corrected chi connectivity index (χ2v) is 18.3. The van der Waals surface area contributed by atoms with Crippen LogP contribution in [0.2, 0.25) is 0 Å². The van der Waals surface area contributed by atoms with E-state index in [1.54, 1.807) is 0 Å². The van der Waals surface area contributed by atoms with Crippen molar-refractivity contribution in [2.75, 3.05) is 11.9 Å². The Morgan fingerprint density at radius 1 is 0.348 bits per heavy atom. The average molecular weight is 906 g/mol. The molecule has 3 heterocycles. The van der Waals surface area contributed by atoms with E-state index in [1.807, 2.05) is 37.3 Å². The van der Waals surface area contributed by atoms with Crippen LogP contribution < -0.4 is 4.90 Å². The van der Waals surface area contributed by atoms with Crippen LogP contribution >= 0.6 is 11.3 Å². The molecule has 0 atom stereocenters. The Hall–Kier alpha value is -8.44. The quantitative estimate of drug-likeness (QED) is 0.152. The maximum atomic E-state index is 2.39. The normalized spacial score (nSPS) is 11.3. The molecule has 332 valence electrons. The van der Waals surface area contributed by atoms with Crippen molar-refractivity contribution < 1.29 is 0 Å². The summed E-state index contributed by atoms with van der Waals surface area (Å²) in [5, 5.41) is 7.77. The van der Waals surface area contributed by atoms with Crippen molar-refractivity contribution in [2.24, 2.45) is 0 Å². The molecule has 13 rings (SSSR count). The van der Waals surface area contributed by atoms with Crippen molar-refractivity contribution in [3.8, 4) is 33.6 Å². The Balaban J connectivity index is 0.000000147. The number of aromatic nitrogens is 2. The first kappa shape index (κ1) is 43.1. The fourth-order valence-electron chi connectivity index (χ4n) is 9.69. The van der Waals surface area contributed by atoms with E-state index in [0.29, 0.717) is 0 Å². The van der Waals surface area contributed by atoms with Crippen molar-refractivity contribution in [3.63, 3.8) is 0 Å². The number of rotatable bonds is 6. The van der Waals surface area contributed by atoms with Crippen molar-refractivity contribution in [1.82, 2.24) is 9.13 Å². The van der Waals surface area contributed by atoms with Crippen LogP contribution in [0.25, 0.3) is 97.4 Å². The van der Waals surface area contributed by atoms with E-state index in [0.717, 1.165) is 0 Å². The molecule has 10 aromatic carbocycles. The van der Waals surface area contributed by atoms with Gasteiger partial charge in [-0.2, -0.15) is 0 Å². The number of benzene rings is 10. The molecule has 0 spiro atoms. The van der Waals surface area contributed by atoms with Crippen LogP contribution in [-0.4, -0.2) is 16.2 Å². The molecular weight excluding hydrogens is 855 g/mol. The Morgan fingerprint density at radius 3 is 1.52 bits per heavy atom. The second-order valence-electron chi connectivity index (χ2n) is 17.2. The van der Waals surface area contributed by atoms with Crippen LogP contribution in [0.3, 0.4) is 0 Å². The van der Waals surface area contributed by atoms with Crippen LogP contribution in [0.4, 0.5) is 11.4 Å². The standard InChI is InChI=1S/C36H24N2.C25H19NS.C4H8/c1-3-12-26(13-4-1)37-33-20-10-8-17-31(33)36-28(18-11-21-34(36)37)25-22-23-30-29-16-7-9-19-32(29)38(35(30)24-25)27-14-5-2-6-15-27;1-26(20-13-11-19(12-14-20)18-7-3-2-4-8-18)21-15-16-25-23(17-21)22-9-5-6-10-24(22)27-25;1-3-4-2/h1-24H;2-17H,1H3;3-4H,1-2H3/b;;4-3-. The Labute approximate surface area is 407 Å². The zero-order chi connectivity index (χ0) is 46.7. The summed E-state index contributed by atoms with van der Waals surface area (Å²) in [6, 6.07) is 87.1. The first-order chi connectivity index (χ1) is 34.1. The van der Waals surface area contributed by atoms with Crippen molar-refractivity contribution in [1.29, 1.82) is 0 Å². The summed E-state index contributed by atoms with van der Waals surface area (Å²) in [5.41, 5.74) is 14.6. The number of para-hydroxylation sites is 4. The van der Waals surface area contributed by atoms with Crippen LogP contribution in [0, 0.1) is 0 Å². The lowest BCUT2D eigenvalue weighted by atomic mass is 9.98. The summed E-state index contributed by atoms with van der Waals surface area (Å²) in [6.07, 6.45) is 4.00. The molecule has 0 aliphatic carbocycles. The van der Waals surface area contributed by atoms with Gasteiger partial charge in [-0.3, -0.25) is 0 Å². The lowest BCUT2D eigenvalue weighted by molar-refractivity contribution is 1.18. The molecule has 4 heteroatoms. The molecule has 0 unspecified atom stereocenters. The predicted molar refractivity (Wildman–Crippen MR) is 300 cm³/mol. The largest absolute Gasteiger partial charge is 0.345 e. The zero-order valence-electron chi connectivity index (χ0n) is 39.0. The van der Waals surface area contributed by atoms with Gasteiger partial charge >= 0.3 is 0 Å². The SMILES string of the molecule is C/C=C\C.CN(c1ccc(-c2ccccc2)cc1)c1ccc2sc3ccccc3c2c1.c1ccc(-n2c3ccccc3c3ccc(-c4cccc5c4c4ccccc4n5-c4ccccc4)cc32)cc1. The topological polar surface area (TPSA) is 13.1 Å². The number of anilines is 2. The van der Waals surface area contributed by atoms with Crippen LogP contribution in [0.1, 0.15) is 13.8 Å². The molecule has 0 fully saturated rings. The lowest BCUT2D eigenvalue weighted by Crippen LogP contribution is -2.08. The molecule has 13 aromatic rings. The third kappa shape index (κ3) is 8.15. The van der Waals surface area contributed by atoms with E-state index in [2.05, 4.69) is 264 Å². The minimum Gasteiger partial charge on any atom is -0.345 e. The van der Waals surface area contributed by atoms with E-state index in [1.165, 1.54) is 109 Å². The minimum absolute atomic E-state index is 1.18. The molecule has 0 aliphatic heterocycles. The first-order valence-electron chi connectivity index (χ1n) is 23.6. The van der Waals surface area contributed by atoms with Gasteiger partial charge in [0.2, 0.25) is 0 Å². The van der Waals surface area contributed by atoms with Gasteiger partial charge in [-0.15, -0.1) is 11.3 Å². The number of allylic oxidation sites excluding steroid dienone is 2. The second kappa shape index (κ2) is 19.0. The summed E-state index contributed by atoms with van der Waals surface area (Å²) in [6.45, 7) is 4.00. The highest BCUT2D eigenvalue weighted by Crippen LogP contribution is 2.41. The highest BCUT2D eigenvalue weighted by Gasteiger charge is 2.18. The monoisotopic (exact) mass is 905 g/mol. The Kier molecular flexibility index (Phi) is 11.9.